The average Bonchev–Trinajstić information content (AvgIpc) is 2.16. The van der Waals surface area contributed by atoms with Crippen LogP contribution in [0.1, 0.15) is 31.4 Å². The molecule has 0 amide bonds. The molecular weight excluding hydrogens is 215 g/mol. The third-order valence-electron chi connectivity index (χ3n) is 2.73. The Morgan fingerprint density at radius 3 is 2.00 bits per heavy atom. The van der Waals surface area contributed by atoms with Crippen LogP contribution in [0.3, 0.4) is 0 Å². The lowest BCUT2D eigenvalue weighted by Gasteiger charge is -2.28. The first-order valence-corrected chi connectivity index (χ1v) is 5.16. The molecule has 90 valence electrons. The van der Waals surface area contributed by atoms with Crippen LogP contribution in [0.2, 0.25) is 0 Å². The maximum atomic E-state index is 12.8. The van der Waals surface area contributed by atoms with E-state index >= 15 is 0 Å². The first-order valence-electron chi connectivity index (χ1n) is 5.16. The van der Waals surface area contributed by atoms with E-state index in [-0.39, 0.29) is 0 Å². The predicted molar refractivity (Wildman–Crippen MR) is 58.1 cm³/mol. The highest BCUT2D eigenvalue weighted by Gasteiger charge is 2.36. The number of halogens is 3. The summed E-state index contributed by atoms with van der Waals surface area (Å²) in [6, 6.07) is 5.68. The molecule has 16 heavy (non-hydrogen) atoms. The van der Waals surface area contributed by atoms with Crippen molar-refractivity contribution >= 4 is 0 Å². The summed E-state index contributed by atoms with van der Waals surface area (Å²) in [6.07, 6.45) is -3.78. The smallest absolute Gasteiger partial charge is 0.330 e. The summed E-state index contributed by atoms with van der Waals surface area (Å²) in [5.41, 5.74) is 4.63. The Kier molecular flexibility index (Phi) is 3.63. The molecule has 4 heteroatoms. The van der Waals surface area contributed by atoms with Crippen molar-refractivity contribution in [2.75, 3.05) is 6.54 Å². The number of hydrogen-bond donors (Lipinski definition) is 1. The van der Waals surface area contributed by atoms with E-state index in [9.17, 15) is 13.2 Å². The SMILES string of the molecule is CC(C)(CCN)c1ccccc1C(F)(F)F. The molecule has 0 atom stereocenters. The molecule has 1 rings (SSSR count). The number of nitrogens with two attached hydrogens (primary N) is 1. The van der Waals surface area contributed by atoms with Crippen LogP contribution in [0.4, 0.5) is 13.2 Å². The second-order valence-electron chi connectivity index (χ2n) is 4.47. The van der Waals surface area contributed by atoms with Crippen molar-refractivity contribution < 1.29 is 13.2 Å². The van der Waals surface area contributed by atoms with Gasteiger partial charge in [-0.1, -0.05) is 32.0 Å². The highest BCUT2D eigenvalue weighted by atomic mass is 19.4. The van der Waals surface area contributed by atoms with Crippen LogP contribution in [-0.2, 0) is 11.6 Å². The summed E-state index contributed by atoms with van der Waals surface area (Å²) < 4.78 is 38.4. The molecule has 1 aromatic carbocycles. The Hall–Kier alpha value is -1.03. The number of benzene rings is 1. The monoisotopic (exact) mass is 231 g/mol. The van der Waals surface area contributed by atoms with Crippen molar-refractivity contribution in [3.8, 4) is 0 Å². The van der Waals surface area contributed by atoms with Gasteiger partial charge in [-0.05, 0) is 30.0 Å². The maximum absolute atomic E-state index is 12.8. The molecule has 0 saturated heterocycles. The maximum Gasteiger partial charge on any atom is 0.416 e. The normalized spacial score (nSPS) is 12.9. The third-order valence-corrected chi connectivity index (χ3v) is 2.73. The molecule has 0 aliphatic carbocycles. The Balaban J connectivity index is 3.23. The molecule has 0 aliphatic rings. The van der Waals surface area contributed by atoms with Gasteiger partial charge in [0.25, 0.3) is 0 Å². The van der Waals surface area contributed by atoms with Crippen molar-refractivity contribution in [3.63, 3.8) is 0 Å². The molecule has 0 bridgehead atoms. The summed E-state index contributed by atoms with van der Waals surface area (Å²) in [6.45, 7) is 3.94. The fourth-order valence-corrected chi connectivity index (χ4v) is 1.82. The van der Waals surface area contributed by atoms with Gasteiger partial charge in [0.1, 0.15) is 0 Å². The largest absolute Gasteiger partial charge is 0.416 e. The topological polar surface area (TPSA) is 26.0 Å². The van der Waals surface area contributed by atoms with Crippen LogP contribution in [0, 0.1) is 0 Å². The fraction of sp³-hybridized carbons (Fsp3) is 0.500. The van der Waals surface area contributed by atoms with Crippen molar-refractivity contribution in [1.82, 2.24) is 0 Å². The van der Waals surface area contributed by atoms with Gasteiger partial charge in [0.05, 0.1) is 5.56 Å². The van der Waals surface area contributed by atoms with E-state index in [2.05, 4.69) is 0 Å². The highest BCUT2D eigenvalue weighted by molar-refractivity contribution is 5.35. The van der Waals surface area contributed by atoms with Crippen molar-refractivity contribution in [1.29, 1.82) is 0 Å². The Labute approximate surface area is 93.5 Å². The minimum Gasteiger partial charge on any atom is -0.330 e. The van der Waals surface area contributed by atoms with E-state index in [0.29, 0.717) is 18.5 Å². The van der Waals surface area contributed by atoms with Crippen LogP contribution in [0.25, 0.3) is 0 Å². The van der Waals surface area contributed by atoms with Gasteiger partial charge in [-0.2, -0.15) is 13.2 Å². The second-order valence-corrected chi connectivity index (χ2v) is 4.47. The van der Waals surface area contributed by atoms with E-state index in [4.69, 9.17) is 5.73 Å². The van der Waals surface area contributed by atoms with Crippen LogP contribution >= 0.6 is 0 Å². The van der Waals surface area contributed by atoms with E-state index < -0.39 is 17.2 Å². The van der Waals surface area contributed by atoms with Gasteiger partial charge >= 0.3 is 6.18 Å². The van der Waals surface area contributed by atoms with E-state index in [1.165, 1.54) is 12.1 Å². The van der Waals surface area contributed by atoms with Gasteiger partial charge in [0.15, 0.2) is 0 Å². The van der Waals surface area contributed by atoms with Crippen molar-refractivity contribution in [3.05, 3.63) is 35.4 Å². The molecule has 1 aromatic rings. The molecule has 0 spiro atoms. The first-order chi connectivity index (χ1) is 7.29. The number of hydrogen-bond acceptors (Lipinski definition) is 1. The Bertz CT molecular complexity index is 356. The standard InChI is InChI=1S/C12H16F3N/c1-11(2,7-8-16)9-5-3-4-6-10(9)12(13,14)15/h3-6H,7-8,16H2,1-2H3. The summed E-state index contributed by atoms with van der Waals surface area (Å²) in [7, 11) is 0. The second kappa shape index (κ2) is 4.45. The molecule has 2 N–H and O–H groups in total. The molecule has 0 unspecified atom stereocenters. The molecule has 1 nitrogen and oxygen atoms in total. The molecule has 0 fully saturated rings. The Morgan fingerprint density at radius 1 is 1.06 bits per heavy atom. The Morgan fingerprint density at radius 2 is 1.56 bits per heavy atom. The molecule has 0 heterocycles. The fourth-order valence-electron chi connectivity index (χ4n) is 1.82. The minimum atomic E-state index is -4.30. The zero-order valence-corrected chi connectivity index (χ0v) is 9.43. The number of alkyl halides is 3. The summed E-state index contributed by atoms with van der Waals surface area (Å²) >= 11 is 0. The van der Waals surface area contributed by atoms with E-state index in [1.54, 1.807) is 19.9 Å². The van der Waals surface area contributed by atoms with Gasteiger partial charge in [0, 0.05) is 0 Å². The minimum absolute atomic E-state index is 0.313. The number of rotatable bonds is 3. The van der Waals surface area contributed by atoms with Crippen LogP contribution < -0.4 is 5.73 Å². The molecule has 0 aliphatic heterocycles. The quantitative estimate of drug-likeness (QED) is 0.848. The van der Waals surface area contributed by atoms with Crippen LogP contribution in [0.5, 0.6) is 0 Å². The third kappa shape index (κ3) is 2.76. The van der Waals surface area contributed by atoms with Gasteiger partial charge in [0.2, 0.25) is 0 Å². The van der Waals surface area contributed by atoms with Gasteiger partial charge < -0.3 is 5.73 Å². The molecule has 0 aromatic heterocycles. The van der Waals surface area contributed by atoms with E-state index in [1.807, 2.05) is 0 Å². The van der Waals surface area contributed by atoms with Crippen molar-refractivity contribution in [2.45, 2.75) is 31.9 Å². The zero-order chi connectivity index (χ0) is 12.4. The summed E-state index contributed by atoms with van der Waals surface area (Å²) in [5.74, 6) is 0. The van der Waals surface area contributed by atoms with Crippen LogP contribution in [-0.4, -0.2) is 6.54 Å². The highest BCUT2D eigenvalue weighted by Crippen LogP contribution is 2.38. The van der Waals surface area contributed by atoms with Gasteiger partial charge in [-0.25, -0.2) is 0 Å². The lowest BCUT2D eigenvalue weighted by Crippen LogP contribution is -2.25. The van der Waals surface area contributed by atoms with Gasteiger partial charge in [-0.15, -0.1) is 0 Å². The average molecular weight is 231 g/mol. The van der Waals surface area contributed by atoms with Crippen LogP contribution in [0.15, 0.2) is 24.3 Å². The lowest BCUT2D eigenvalue weighted by atomic mass is 9.79. The molecule has 0 radical (unpaired) electrons. The summed E-state index contributed by atoms with van der Waals surface area (Å²) in [5, 5.41) is 0. The molecular formula is C12H16F3N. The van der Waals surface area contributed by atoms with Gasteiger partial charge in [-0.3, -0.25) is 0 Å². The molecule has 0 saturated carbocycles. The predicted octanol–water partition coefficient (Wildman–Crippen LogP) is 3.33. The van der Waals surface area contributed by atoms with Crippen molar-refractivity contribution in [2.24, 2.45) is 5.73 Å². The summed E-state index contributed by atoms with van der Waals surface area (Å²) in [4.78, 5) is 0. The first kappa shape index (κ1) is 13.0. The zero-order valence-electron chi connectivity index (χ0n) is 9.43. The lowest BCUT2D eigenvalue weighted by molar-refractivity contribution is -0.138. The van der Waals surface area contributed by atoms with E-state index in [0.717, 1.165) is 6.07 Å².